The molecule has 0 saturated heterocycles. The Morgan fingerprint density at radius 1 is 1.21 bits per heavy atom. The molecule has 1 aromatic heterocycles. The summed E-state index contributed by atoms with van der Waals surface area (Å²) in [4.78, 5) is 7.86. The Kier molecular flexibility index (Phi) is 3.82. The van der Waals surface area contributed by atoms with Gasteiger partial charge in [-0.3, -0.25) is 0 Å². The summed E-state index contributed by atoms with van der Waals surface area (Å²) in [5, 5.41) is 1.69. The molecule has 2 aromatic carbocycles. The highest BCUT2D eigenvalue weighted by atomic mass is 79.9. The number of halogens is 2. The number of imidazole rings is 1. The summed E-state index contributed by atoms with van der Waals surface area (Å²) in [5.41, 5.74) is 3.22. The van der Waals surface area contributed by atoms with Crippen molar-refractivity contribution in [1.82, 2.24) is 9.97 Å². The van der Waals surface area contributed by atoms with E-state index in [9.17, 15) is 0 Å². The number of hydrogen-bond donors (Lipinski definition) is 1. The lowest BCUT2D eigenvalue weighted by Crippen LogP contribution is -1.81. The summed E-state index contributed by atoms with van der Waals surface area (Å²) < 4.78 is 1.05. The molecule has 0 aliphatic carbocycles. The van der Waals surface area contributed by atoms with E-state index in [0.29, 0.717) is 0 Å². The number of benzene rings is 2. The lowest BCUT2D eigenvalue weighted by Gasteiger charge is -1.99. The van der Waals surface area contributed by atoms with Gasteiger partial charge in [-0.25, -0.2) is 4.98 Å². The first kappa shape index (κ1) is 13.0. The molecule has 96 valence electrons. The van der Waals surface area contributed by atoms with Gasteiger partial charge in [-0.05, 0) is 35.9 Å². The van der Waals surface area contributed by atoms with Crippen LogP contribution in [0.25, 0.3) is 11.0 Å². The van der Waals surface area contributed by atoms with E-state index in [-0.39, 0.29) is 0 Å². The summed E-state index contributed by atoms with van der Waals surface area (Å²) in [5.74, 6) is 0.849. The summed E-state index contributed by atoms with van der Waals surface area (Å²) in [6.45, 7) is 0. The van der Waals surface area contributed by atoms with Crippen LogP contribution in [0.1, 0.15) is 5.56 Å². The fourth-order valence-corrected chi connectivity index (χ4v) is 3.21. The topological polar surface area (TPSA) is 28.7 Å². The van der Waals surface area contributed by atoms with Gasteiger partial charge in [-0.2, -0.15) is 0 Å². The van der Waals surface area contributed by atoms with E-state index in [0.717, 1.165) is 31.4 Å². The maximum absolute atomic E-state index is 5.97. The van der Waals surface area contributed by atoms with Gasteiger partial charge in [0.2, 0.25) is 0 Å². The van der Waals surface area contributed by atoms with Crippen molar-refractivity contribution in [2.45, 2.75) is 10.9 Å². The summed E-state index contributed by atoms with van der Waals surface area (Å²) in [6.07, 6.45) is 0. The smallest absolute Gasteiger partial charge is 0.166 e. The molecule has 3 rings (SSSR count). The minimum absolute atomic E-state index is 0.770. The molecule has 0 amide bonds. The van der Waals surface area contributed by atoms with Crippen LogP contribution in [0.4, 0.5) is 0 Å². The van der Waals surface area contributed by atoms with Crippen molar-refractivity contribution in [1.29, 1.82) is 0 Å². The van der Waals surface area contributed by atoms with Crippen molar-refractivity contribution < 1.29 is 0 Å². The number of H-pyrrole nitrogens is 1. The molecule has 0 aliphatic rings. The largest absolute Gasteiger partial charge is 0.333 e. The standard InChI is InChI=1S/C14H10BrClN2S/c15-10-4-5-12-13(7-10)18-14(17-12)19-8-9-2-1-3-11(16)6-9/h1-7H,8H2,(H,17,18). The van der Waals surface area contributed by atoms with Gasteiger partial charge in [0.1, 0.15) is 0 Å². The Balaban J connectivity index is 1.78. The second kappa shape index (κ2) is 5.57. The first-order valence-corrected chi connectivity index (χ1v) is 7.89. The molecule has 0 saturated carbocycles. The zero-order valence-corrected chi connectivity index (χ0v) is 13.0. The van der Waals surface area contributed by atoms with Gasteiger partial charge in [-0.15, -0.1) is 0 Å². The number of hydrogen-bond acceptors (Lipinski definition) is 2. The molecule has 19 heavy (non-hydrogen) atoms. The molecule has 5 heteroatoms. The van der Waals surface area contributed by atoms with Crippen molar-refractivity contribution >= 4 is 50.3 Å². The van der Waals surface area contributed by atoms with E-state index in [1.807, 2.05) is 36.4 Å². The number of aromatic nitrogens is 2. The summed E-state index contributed by atoms with van der Waals surface area (Å²) >= 11 is 11.1. The van der Waals surface area contributed by atoms with Crippen LogP contribution in [0.2, 0.25) is 5.02 Å². The van der Waals surface area contributed by atoms with Gasteiger partial charge in [0.25, 0.3) is 0 Å². The quantitative estimate of drug-likeness (QED) is 0.650. The van der Waals surface area contributed by atoms with Crippen LogP contribution in [0.15, 0.2) is 52.1 Å². The zero-order chi connectivity index (χ0) is 13.2. The lowest BCUT2D eigenvalue weighted by atomic mass is 10.2. The van der Waals surface area contributed by atoms with E-state index in [4.69, 9.17) is 11.6 Å². The molecule has 0 atom stereocenters. The van der Waals surface area contributed by atoms with Crippen LogP contribution < -0.4 is 0 Å². The third-order valence-corrected chi connectivity index (χ3v) is 4.36. The van der Waals surface area contributed by atoms with E-state index in [2.05, 4.69) is 32.0 Å². The Morgan fingerprint density at radius 2 is 2.11 bits per heavy atom. The predicted molar refractivity (Wildman–Crippen MR) is 84.8 cm³/mol. The minimum atomic E-state index is 0.770. The van der Waals surface area contributed by atoms with Crippen LogP contribution in [0, 0.1) is 0 Å². The van der Waals surface area contributed by atoms with Gasteiger partial charge < -0.3 is 4.98 Å². The Labute approximate surface area is 128 Å². The average molecular weight is 354 g/mol. The predicted octanol–water partition coefficient (Wildman–Crippen LogP) is 5.27. The van der Waals surface area contributed by atoms with Crippen LogP contribution in [0.5, 0.6) is 0 Å². The van der Waals surface area contributed by atoms with E-state index in [1.54, 1.807) is 11.8 Å². The van der Waals surface area contributed by atoms with E-state index in [1.165, 1.54) is 5.56 Å². The normalized spacial score (nSPS) is 11.1. The van der Waals surface area contributed by atoms with Crippen molar-refractivity contribution in [3.63, 3.8) is 0 Å². The molecule has 3 aromatic rings. The van der Waals surface area contributed by atoms with Crippen LogP contribution >= 0.6 is 39.3 Å². The molecule has 0 radical (unpaired) electrons. The number of nitrogens with zero attached hydrogens (tertiary/aromatic N) is 1. The number of aromatic amines is 1. The van der Waals surface area contributed by atoms with Gasteiger partial charge >= 0.3 is 0 Å². The van der Waals surface area contributed by atoms with Crippen LogP contribution in [-0.4, -0.2) is 9.97 Å². The molecule has 1 N–H and O–H groups in total. The van der Waals surface area contributed by atoms with Gasteiger partial charge in [-0.1, -0.05) is 51.4 Å². The second-order valence-corrected chi connectivity index (χ2v) is 6.44. The first-order chi connectivity index (χ1) is 9.20. The maximum Gasteiger partial charge on any atom is 0.166 e. The van der Waals surface area contributed by atoms with Gasteiger partial charge in [0, 0.05) is 15.2 Å². The van der Waals surface area contributed by atoms with Crippen molar-refractivity contribution in [3.8, 4) is 0 Å². The van der Waals surface area contributed by atoms with E-state index >= 15 is 0 Å². The number of rotatable bonds is 3. The Morgan fingerprint density at radius 3 is 2.95 bits per heavy atom. The number of fused-ring (bicyclic) bond motifs is 1. The zero-order valence-electron chi connectivity index (χ0n) is 9.86. The van der Waals surface area contributed by atoms with Crippen molar-refractivity contribution in [2.75, 3.05) is 0 Å². The molecule has 1 heterocycles. The molecule has 0 bridgehead atoms. The second-order valence-electron chi connectivity index (χ2n) is 4.12. The van der Waals surface area contributed by atoms with Crippen molar-refractivity contribution in [2.24, 2.45) is 0 Å². The monoisotopic (exact) mass is 352 g/mol. The highest BCUT2D eigenvalue weighted by Gasteiger charge is 2.04. The minimum Gasteiger partial charge on any atom is -0.333 e. The fraction of sp³-hybridized carbons (Fsp3) is 0.0714. The fourth-order valence-electron chi connectivity index (χ4n) is 1.81. The van der Waals surface area contributed by atoms with Crippen LogP contribution in [-0.2, 0) is 5.75 Å². The molecule has 0 unspecified atom stereocenters. The number of thioether (sulfide) groups is 1. The van der Waals surface area contributed by atoms with Gasteiger partial charge in [0.15, 0.2) is 5.16 Å². The van der Waals surface area contributed by atoms with Crippen LogP contribution in [0.3, 0.4) is 0 Å². The van der Waals surface area contributed by atoms with Crippen molar-refractivity contribution in [3.05, 3.63) is 57.5 Å². The third-order valence-electron chi connectivity index (χ3n) is 2.69. The summed E-state index contributed by atoms with van der Waals surface area (Å²) in [7, 11) is 0. The molecule has 0 aliphatic heterocycles. The van der Waals surface area contributed by atoms with E-state index < -0.39 is 0 Å². The third kappa shape index (κ3) is 3.14. The first-order valence-electron chi connectivity index (χ1n) is 5.73. The molecular weight excluding hydrogens is 344 g/mol. The molecule has 0 fully saturated rings. The SMILES string of the molecule is Clc1cccc(CSc2nc3ccc(Br)cc3[nH]2)c1. The highest BCUT2D eigenvalue weighted by Crippen LogP contribution is 2.25. The average Bonchev–Trinajstić information content (AvgIpc) is 2.78. The molecule has 2 nitrogen and oxygen atoms in total. The maximum atomic E-state index is 5.97. The van der Waals surface area contributed by atoms with Gasteiger partial charge in [0.05, 0.1) is 11.0 Å². The summed E-state index contributed by atoms with van der Waals surface area (Å²) in [6, 6.07) is 13.9. The number of nitrogens with one attached hydrogen (secondary N) is 1. The lowest BCUT2D eigenvalue weighted by molar-refractivity contribution is 1.08. The Hall–Kier alpha value is -0.970. The molecular formula is C14H10BrClN2S. The molecule has 0 spiro atoms. The Bertz CT molecular complexity index is 726. The highest BCUT2D eigenvalue weighted by molar-refractivity contribution is 9.10.